The lowest BCUT2D eigenvalue weighted by Gasteiger charge is -2.20. The van der Waals surface area contributed by atoms with E-state index in [1.807, 2.05) is 6.07 Å². The molecule has 10 heavy (non-hydrogen) atoms. The molecule has 0 amide bonds. The number of para-hydroxylation sites is 1. The highest BCUT2D eigenvalue weighted by atomic mass is 16.9. The summed E-state index contributed by atoms with van der Waals surface area (Å²) >= 11 is 0. The van der Waals surface area contributed by atoms with Crippen molar-refractivity contribution in [2.75, 3.05) is 0 Å². The third-order valence-electron chi connectivity index (χ3n) is 0.939. The highest BCUT2D eigenvalue weighted by Gasteiger charge is 1.87. The minimum absolute atomic E-state index is 0.0880. The molecule has 54 valence electrons. The van der Waals surface area contributed by atoms with Crippen molar-refractivity contribution in [1.82, 2.24) is 5.34 Å². The fourth-order valence-electron chi connectivity index (χ4n) is 0.585. The number of nitrogens with zero attached hydrogens (tertiary/aromatic N) is 1. The fourth-order valence-corrected chi connectivity index (χ4v) is 0.585. The van der Waals surface area contributed by atoms with Crippen LogP contribution in [0.4, 0.5) is 0 Å². The number of benzene rings is 1. The molecule has 0 atom stereocenters. The molecular weight excluding hydrogens is 132 g/mol. The van der Waals surface area contributed by atoms with Gasteiger partial charge in [0.05, 0.1) is 0 Å². The van der Waals surface area contributed by atoms with Crippen LogP contribution in [0.15, 0.2) is 30.3 Å². The Bertz CT molecular complexity index is 188. The van der Waals surface area contributed by atoms with Crippen molar-refractivity contribution in [3.05, 3.63) is 35.5 Å². The first-order valence-corrected chi connectivity index (χ1v) is 2.74. The zero-order chi connectivity index (χ0) is 7.40. The average Bonchev–Trinajstić information content (AvgIpc) is 1.88. The topological polar surface area (TPSA) is 61.5 Å². The molecule has 0 fully saturated rings. The SMILES string of the molecule is NN([O-])Oc1ccccc1. The normalized spacial score (nSPS) is 9.90. The molecule has 0 aliphatic carbocycles. The van der Waals surface area contributed by atoms with Gasteiger partial charge < -0.3 is 10.0 Å². The first-order valence-electron chi connectivity index (χ1n) is 2.74. The Morgan fingerprint density at radius 3 is 2.40 bits per heavy atom. The van der Waals surface area contributed by atoms with Gasteiger partial charge in [-0.25, -0.2) is 5.84 Å². The van der Waals surface area contributed by atoms with Crippen molar-refractivity contribution in [3.63, 3.8) is 0 Å². The van der Waals surface area contributed by atoms with Gasteiger partial charge in [0.15, 0.2) is 0 Å². The van der Waals surface area contributed by atoms with Gasteiger partial charge >= 0.3 is 0 Å². The van der Waals surface area contributed by atoms with Gasteiger partial charge in [0, 0.05) is 0 Å². The fraction of sp³-hybridized carbons (Fsp3) is 0. The summed E-state index contributed by atoms with van der Waals surface area (Å²) in [5.41, 5.74) is 0. The molecule has 2 N–H and O–H groups in total. The minimum Gasteiger partial charge on any atom is -0.738 e. The summed E-state index contributed by atoms with van der Waals surface area (Å²) in [5, 5.41) is 10.00. The van der Waals surface area contributed by atoms with Crippen LogP contribution in [0.3, 0.4) is 0 Å². The highest BCUT2D eigenvalue weighted by Crippen LogP contribution is 2.07. The molecular formula is C6H7N2O2-. The molecule has 0 bridgehead atoms. The van der Waals surface area contributed by atoms with Crippen LogP contribution in [0.25, 0.3) is 0 Å². The van der Waals surface area contributed by atoms with E-state index in [0.29, 0.717) is 5.75 Å². The smallest absolute Gasteiger partial charge is 0.147 e. The first-order chi connectivity index (χ1) is 4.79. The standard InChI is InChI=1S/C6H7N2O2/c7-8(9)10-6-4-2-1-3-5-6/h1-5H,7H2/q-1. The maximum atomic E-state index is 10.1. The van der Waals surface area contributed by atoms with Crippen LogP contribution >= 0.6 is 0 Å². The van der Waals surface area contributed by atoms with E-state index in [4.69, 9.17) is 0 Å². The lowest BCUT2D eigenvalue weighted by molar-refractivity contribution is -0.00798. The lowest BCUT2D eigenvalue weighted by atomic mass is 10.3. The summed E-state index contributed by atoms with van der Waals surface area (Å²) in [6.45, 7) is 0. The molecule has 1 aromatic rings. The van der Waals surface area contributed by atoms with Gasteiger partial charge in [0.2, 0.25) is 0 Å². The highest BCUT2D eigenvalue weighted by molar-refractivity contribution is 5.20. The van der Waals surface area contributed by atoms with E-state index in [0.717, 1.165) is 0 Å². The van der Waals surface area contributed by atoms with Crippen LogP contribution in [0.1, 0.15) is 0 Å². The van der Waals surface area contributed by atoms with Crippen molar-refractivity contribution >= 4 is 0 Å². The van der Waals surface area contributed by atoms with Crippen molar-refractivity contribution in [2.24, 2.45) is 5.84 Å². The summed E-state index contributed by atoms with van der Waals surface area (Å²) in [6, 6.07) is 8.59. The molecule has 0 spiro atoms. The Hall–Kier alpha value is -1.10. The number of rotatable bonds is 2. The molecule has 0 aliphatic rings. The summed E-state index contributed by atoms with van der Waals surface area (Å²) < 4.78 is 0. The molecule has 0 saturated heterocycles. The molecule has 0 aliphatic heterocycles. The minimum atomic E-state index is -0.0880. The summed E-state index contributed by atoms with van der Waals surface area (Å²) in [7, 11) is 0. The monoisotopic (exact) mass is 139 g/mol. The second-order valence-corrected chi connectivity index (χ2v) is 1.69. The van der Waals surface area contributed by atoms with E-state index in [1.54, 1.807) is 24.3 Å². The van der Waals surface area contributed by atoms with Crippen LogP contribution < -0.4 is 10.7 Å². The van der Waals surface area contributed by atoms with Crippen LogP contribution in [0.2, 0.25) is 0 Å². The Morgan fingerprint density at radius 2 is 1.90 bits per heavy atom. The first kappa shape index (κ1) is 7.01. The summed E-state index contributed by atoms with van der Waals surface area (Å²) in [6.07, 6.45) is 0. The largest absolute Gasteiger partial charge is 0.738 e. The quantitative estimate of drug-likeness (QED) is 0.482. The molecule has 0 radical (unpaired) electrons. The van der Waals surface area contributed by atoms with Crippen molar-refractivity contribution in [2.45, 2.75) is 0 Å². The predicted octanol–water partition coefficient (Wildman–Crippen LogP) is 0.654. The van der Waals surface area contributed by atoms with E-state index in [-0.39, 0.29) is 5.34 Å². The second-order valence-electron chi connectivity index (χ2n) is 1.69. The van der Waals surface area contributed by atoms with Gasteiger partial charge in [-0.15, -0.1) is 5.34 Å². The molecule has 4 heteroatoms. The Kier molecular flexibility index (Phi) is 2.22. The van der Waals surface area contributed by atoms with Crippen molar-refractivity contribution in [1.29, 1.82) is 0 Å². The molecule has 0 saturated carbocycles. The van der Waals surface area contributed by atoms with Crippen molar-refractivity contribution in [3.8, 4) is 5.75 Å². The second kappa shape index (κ2) is 3.17. The average molecular weight is 139 g/mol. The maximum Gasteiger partial charge on any atom is 0.147 e. The Morgan fingerprint density at radius 1 is 1.30 bits per heavy atom. The van der Waals surface area contributed by atoms with Gasteiger partial charge in [-0.2, -0.15) is 0 Å². The summed E-state index contributed by atoms with van der Waals surface area (Å²) in [5.74, 6) is 5.11. The van der Waals surface area contributed by atoms with Crippen LogP contribution in [0.5, 0.6) is 5.75 Å². The predicted molar refractivity (Wildman–Crippen MR) is 36.5 cm³/mol. The molecule has 0 unspecified atom stereocenters. The number of hydrogen-bond donors (Lipinski definition) is 1. The third-order valence-corrected chi connectivity index (χ3v) is 0.939. The third kappa shape index (κ3) is 2.02. The molecule has 4 nitrogen and oxygen atoms in total. The van der Waals surface area contributed by atoms with Crippen molar-refractivity contribution < 1.29 is 4.84 Å². The van der Waals surface area contributed by atoms with E-state index in [9.17, 15) is 5.21 Å². The maximum absolute atomic E-state index is 10.1. The van der Waals surface area contributed by atoms with Gasteiger partial charge in [0.25, 0.3) is 0 Å². The number of nitrogens with two attached hydrogens (primary N) is 1. The van der Waals surface area contributed by atoms with E-state index in [1.165, 1.54) is 0 Å². The van der Waals surface area contributed by atoms with Crippen LogP contribution in [0, 0.1) is 5.21 Å². The number of hydrogen-bond acceptors (Lipinski definition) is 4. The van der Waals surface area contributed by atoms with Gasteiger partial charge in [0.1, 0.15) is 5.75 Å². The molecule has 0 heterocycles. The zero-order valence-corrected chi connectivity index (χ0v) is 5.23. The van der Waals surface area contributed by atoms with Crippen LogP contribution in [-0.2, 0) is 0 Å². The van der Waals surface area contributed by atoms with E-state index < -0.39 is 0 Å². The Labute approximate surface area is 58.3 Å². The van der Waals surface area contributed by atoms with Crippen LogP contribution in [-0.4, -0.2) is 5.34 Å². The molecule has 1 aromatic carbocycles. The van der Waals surface area contributed by atoms with Gasteiger partial charge in [-0.05, 0) is 12.1 Å². The lowest BCUT2D eigenvalue weighted by Crippen LogP contribution is -2.27. The number of hydrazine groups is 1. The molecule has 0 aromatic heterocycles. The summed E-state index contributed by atoms with van der Waals surface area (Å²) in [4.78, 5) is 4.47. The van der Waals surface area contributed by atoms with Gasteiger partial charge in [-0.1, -0.05) is 18.2 Å². The zero-order valence-electron chi connectivity index (χ0n) is 5.23. The van der Waals surface area contributed by atoms with E-state index >= 15 is 0 Å². The Balaban J connectivity index is 2.59. The molecule has 1 rings (SSSR count). The van der Waals surface area contributed by atoms with Gasteiger partial charge in [-0.3, -0.25) is 0 Å². The van der Waals surface area contributed by atoms with E-state index in [2.05, 4.69) is 10.7 Å².